The van der Waals surface area contributed by atoms with Crippen molar-refractivity contribution in [3.8, 4) is 11.1 Å². The lowest BCUT2D eigenvalue weighted by Crippen LogP contribution is -2.48. The highest BCUT2D eigenvalue weighted by Gasteiger charge is 2.21. The van der Waals surface area contributed by atoms with Gasteiger partial charge in [-0.3, -0.25) is 14.6 Å². The first-order chi connectivity index (χ1) is 13.5. The van der Waals surface area contributed by atoms with Crippen molar-refractivity contribution >= 4 is 17.4 Å². The van der Waals surface area contributed by atoms with Gasteiger partial charge in [-0.2, -0.15) is 0 Å². The van der Waals surface area contributed by atoms with Crippen LogP contribution in [0.5, 0.6) is 0 Å². The highest BCUT2D eigenvalue weighted by Crippen LogP contribution is 2.26. The summed E-state index contributed by atoms with van der Waals surface area (Å²) in [5.41, 5.74) is 3.85. The van der Waals surface area contributed by atoms with E-state index in [1.807, 2.05) is 32.0 Å². The zero-order valence-corrected chi connectivity index (χ0v) is 16.6. The molecule has 1 amide bonds. The minimum atomic E-state index is -0.206. The van der Waals surface area contributed by atoms with Gasteiger partial charge in [0.1, 0.15) is 5.69 Å². The molecule has 1 aliphatic rings. The number of nitrogens with zero attached hydrogens (tertiary/aromatic N) is 1. The molecule has 6 heteroatoms. The first-order valence-corrected chi connectivity index (χ1v) is 9.72. The molecule has 1 aromatic carbocycles. The number of aryl methyl sites for hydroxylation is 1. The lowest BCUT2D eigenvalue weighted by Gasteiger charge is -2.26. The molecule has 0 unspecified atom stereocenters. The molecule has 2 heterocycles. The van der Waals surface area contributed by atoms with Crippen LogP contribution in [0.1, 0.15) is 36.8 Å². The van der Waals surface area contributed by atoms with Gasteiger partial charge in [0.25, 0.3) is 0 Å². The van der Waals surface area contributed by atoms with E-state index in [-0.39, 0.29) is 30.2 Å². The predicted octanol–water partition coefficient (Wildman–Crippen LogP) is 3.08. The number of nitrogens with one attached hydrogen (secondary N) is 2. The maximum atomic E-state index is 12.6. The minimum Gasteiger partial charge on any atom is -0.378 e. The van der Waals surface area contributed by atoms with Crippen LogP contribution in [-0.2, 0) is 16.0 Å². The third-order valence-electron chi connectivity index (χ3n) is 4.78. The number of amides is 1. The topological polar surface area (TPSA) is 80.3 Å². The molecule has 0 aliphatic carbocycles. The Bertz CT molecular complexity index is 860. The fourth-order valence-corrected chi connectivity index (χ4v) is 2.94. The third-order valence-corrected chi connectivity index (χ3v) is 4.78. The zero-order chi connectivity index (χ0) is 20.1. The number of ether oxygens (including phenoxy) is 1. The second kappa shape index (κ2) is 9.08. The molecule has 1 saturated heterocycles. The second-order valence-corrected chi connectivity index (χ2v) is 7.36. The molecule has 0 spiro atoms. The Morgan fingerprint density at radius 2 is 2.00 bits per heavy atom. The molecule has 148 valence electrons. The van der Waals surface area contributed by atoms with Gasteiger partial charge in [0.2, 0.25) is 5.91 Å². The van der Waals surface area contributed by atoms with E-state index in [2.05, 4.69) is 34.7 Å². The number of ketones is 1. The van der Waals surface area contributed by atoms with Gasteiger partial charge in [-0.15, -0.1) is 0 Å². The smallest absolute Gasteiger partial charge is 0.238 e. The van der Waals surface area contributed by atoms with Crippen LogP contribution in [0.4, 0.5) is 5.69 Å². The summed E-state index contributed by atoms with van der Waals surface area (Å²) in [5.74, 6) is -0.502. The van der Waals surface area contributed by atoms with E-state index < -0.39 is 0 Å². The van der Waals surface area contributed by atoms with Crippen molar-refractivity contribution in [3.63, 3.8) is 0 Å². The first kappa shape index (κ1) is 20.2. The van der Waals surface area contributed by atoms with Gasteiger partial charge < -0.3 is 15.4 Å². The Morgan fingerprint density at radius 1 is 1.21 bits per heavy atom. The lowest BCUT2D eigenvalue weighted by atomic mass is 10.00. The molecule has 28 heavy (non-hydrogen) atoms. The van der Waals surface area contributed by atoms with Crippen LogP contribution < -0.4 is 10.6 Å². The lowest BCUT2D eigenvalue weighted by molar-refractivity contribution is -0.116. The summed E-state index contributed by atoms with van der Waals surface area (Å²) in [4.78, 5) is 29.4. The van der Waals surface area contributed by atoms with E-state index in [4.69, 9.17) is 4.74 Å². The molecule has 3 rings (SSSR count). The molecule has 0 bridgehead atoms. The maximum Gasteiger partial charge on any atom is 0.238 e. The quantitative estimate of drug-likeness (QED) is 0.687. The highest BCUT2D eigenvalue weighted by atomic mass is 16.5. The van der Waals surface area contributed by atoms with Crippen molar-refractivity contribution in [2.75, 3.05) is 25.1 Å². The molecule has 1 fully saturated rings. The van der Waals surface area contributed by atoms with Crippen LogP contribution in [0.15, 0.2) is 36.5 Å². The highest BCUT2D eigenvalue weighted by molar-refractivity contribution is 6.05. The number of anilines is 1. The Balaban J connectivity index is 1.86. The summed E-state index contributed by atoms with van der Waals surface area (Å²) in [5, 5.41) is 5.99. The van der Waals surface area contributed by atoms with Crippen LogP contribution in [-0.4, -0.2) is 42.5 Å². The number of carbonyl (C=O) groups excluding carboxylic acids is 2. The number of Topliss-reactive ketones (excluding diaryl/α,β-unsaturated/α-hetero) is 1. The number of rotatable bonds is 8. The Kier molecular flexibility index (Phi) is 6.54. The van der Waals surface area contributed by atoms with Crippen molar-refractivity contribution in [2.45, 2.75) is 33.2 Å². The summed E-state index contributed by atoms with van der Waals surface area (Å²) >= 11 is 0. The van der Waals surface area contributed by atoms with E-state index in [1.54, 1.807) is 6.20 Å². The van der Waals surface area contributed by atoms with Gasteiger partial charge in [-0.1, -0.05) is 45.0 Å². The fourth-order valence-electron chi connectivity index (χ4n) is 2.94. The number of aromatic nitrogens is 1. The summed E-state index contributed by atoms with van der Waals surface area (Å²) < 4.78 is 5.10. The van der Waals surface area contributed by atoms with E-state index in [1.165, 1.54) is 5.56 Å². The second-order valence-electron chi connectivity index (χ2n) is 7.36. The zero-order valence-electron chi connectivity index (χ0n) is 16.6. The summed E-state index contributed by atoms with van der Waals surface area (Å²) in [6.45, 7) is 7.16. The Hall–Kier alpha value is -2.57. The normalized spacial score (nSPS) is 14.0. The summed E-state index contributed by atoms with van der Waals surface area (Å²) in [7, 11) is 0. The van der Waals surface area contributed by atoms with Crippen LogP contribution in [0, 0.1) is 5.92 Å². The van der Waals surface area contributed by atoms with E-state index >= 15 is 0 Å². The molecule has 0 atom stereocenters. The Morgan fingerprint density at radius 3 is 2.64 bits per heavy atom. The van der Waals surface area contributed by atoms with Crippen LogP contribution in [0.2, 0.25) is 0 Å². The van der Waals surface area contributed by atoms with Gasteiger partial charge in [-0.25, -0.2) is 0 Å². The number of hydrogen-bond donors (Lipinski definition) is 2. The molecule has 1 aliphatic heterocycles. The molecule has 6 nitrogen and oxygen atoms in total. The molecule has 0 saturated carbocycles. The number of hydrogen-bond acceptors (Lipinski definition) is 5. The number of pyridine rings is 1. The van der Waals surface area contributed by atoms with Crippen molar-refractivity contribution < 1.29 is 14.3 Å². The first-order valence-electron chi connectivity index (χ1n) is 9.72. The molecule has 2 aromatic rings. The molecule has 1 aromatic heterocycles. The van der Waals surface area contributed by atoms with Gasteiger partial charge in [-0.05, 0) is 23.6 Å². The van der Waals surface area contributed by atoms with Crippen LogP contribution >= 0.6 is 0 Å². The van der Waals surface area contributed by atoms with Gasteiger partial charge >= 0.3 is 0 Å². The van der Waals surface area contributed by atoms with Gasteiger partial charge in [0, 0.05) is 17.7 Å². The summed E-state index contributed by atoms with van der Waals surface area (Å²) in [6, 6.07) is 10.2. The maximum absolute atomic E-state index is 12.6. The fraction of sp³-hybridized carbons (Fsp3) is 0.409. The van der Waals surface area contributed by atoms with Crippen molar-refractivity contribution in [3.05, 3.63) is 47.8 Å². The van der Waals surface area contributed by atoms with Crippen LogP contribution in [0.25, 0.3) is 11.1 Å². The van der Waals surface area contributed by atoms with E-state index in [0.29, 0.717) is 24.6 Å². The average Bonchev–Trinajstić information content (AvgIpc) is 2.66. The third kappa shape index (κ3) is 4.82. The number of carbonyl (C=O) groups is 2. The number of benzene rings is 1. The monoisotopic (exact) mass is 381 g/mol. The average molecular weight is 381 g/mol. The SMILES string of the molecule is CCc1cccc(-c2cnc(C(=O)C(C)C)c(NC(=O)CNC3COC3)c2)c1. The van der Waals surface area contributed by atoms with E-state index in [9.17, 15) is 9.59 Å². The summed E-state index contributed by atoms with van der Waals surface area (Å²) in [6.07, 6.45) is 2.63. The van der Waals surface area contributed by atoms with Crippen molar-refractivity contribution in [1.82, 2.24) is 10.3 Å². The molecular formula is C22H27N3O3. The van der Waals surface area contributed by atoms with Crippen molar-refractivity contribution in [1.29, 1.82) is 0 Å². The van der Waals surface area contributed by atoms with Gasteiger partial charge in [0.05, 0.1) is 31.5 Å². The standard InChI is InChI=1S/C22H27N3O3/c1-4-15-6-5-7-16(8-15)17-9-19(21(24-10-17)22(27)14(2)3)25-20(26)11-23-18-12-28-13-18/h5-10,14,18,23H,4,11-13H2,1-3H3,(H,25,26). The Labute approximate surface area is 165 Å². The van der Waals surface area contributed by atoms with E-state index in [0.717, 1.165) is 17.5 Å². The predicted molar refractivity (Wildman–Crippen MR) is 109 cm³/mol. The van der Waals surface area contributed by atoms with Crippen molar-refractivity contribution in [2.24, 2.45) is 5.92 Å². The largest absolute Gasteiger partial charge is 0.378 e. The minimum absolute atomic E-state index is 0.0930. The molecular weight excluding hydrogens is 354 g/mol. The van der Waals surface area contributed by atoms with Gasteiger partial charge in [0.15, 0.2) is 5.78 Å². The van der Waals surface area contributed by atoms with Crippen LogP contribution in [0.3, 0.4) is 0 Å². The molecule has 2 N–H and O–H groups in total. The molecule has 0 radical (unpaired) electrons.